The van der Waals surface area contributed by atoms with Crippen LogP contribution in [0.2, 0.25) is 5.02 Å². The molecule has 0 fully saturated rings. The smallest absolute Gasteiger partial charge is 0.338 e. The van der Waals surface area contributed by atoms with E-state index >= 15 is 0 Å². The molecule has 1 heterocycles. The molecule has 0 saturated heterocycles. The van der Waals surface area contributed by atoms with E-state index in [4.69, 9.17) is 20.8 Å². The van der Waals surface area contributed by atoms with Gasteiger partial charge in [-0.2, -0.15) is 0 Å². The predicted molar refractivity (Wildman–Crippen MR) is 130 cm³/mol. The van der Waals surface area contributed by atoms with Crippen molar-refractivity contribution in [3.63, 3.8) is 0 Å². The highest BCUT2D eigenvalue weighted by Crippen LogP contribution is 2.29. The maximum absolute atomic E-state index is 12.3. The van der Waals surface area contributed by atoms with E-state index < -0.39 is 0 Å². The van der Waals surface area contributed by atoms with Crippen LogP contribution in [0.1, 0.15) is 107 Å². The molecule has 2 rings (SSSR count). The summed E-state index contributed by atoms with van der Waals surface area (Å²) in [5.74, 6) is 0.339. The minimum atomic E-state index is -0.306. The highest BCUT2D eigenvalue weighted by atomic mass is 35.5. The number of carbonyl (C=O) groups is 1. The largest absolute Gasteiger partial charge is 0.464 e. The van der Waals surface area contributed by atoms with Crippen LogP contribution in [0.5, 0.6) is 0 Å². The van der Waals surface area contributed by atoms with Gasteiger partial charge < -0.3 is 9.15 Å². The van der Waals surface area contributed by atoms with Crippen molar-refractivity contribution < 1.29 is 13.9 Å². The summed E-state index contributed by atoms with van der Waals surface area (Å²) in [5.41, 5.74) is 1.21. The van der Waals surface area contributed by atoms with Gasteiger partial charge in [0.05, 0.1) is 23.5 Å². The Hall–Kier alpha value is -1.74. The number of hydrogen-bond donors (Lipinski definition) is 0. The third-order valence-electron chi connectivity index (χ3n) is 5.72. The van der Waals surface area contributed by atoms with Crippen molar-refractivity contribution in [2.45, 2.75) is 96.8 Å². The predicted octanol–water partition coefficient (Wildman–Crippen LogP) is 9.24. The fourth-order valence-electron chi connectivity index (χ4n) is 3.82. The molecule has 0 spiro atoms. The summed E-state index contributed by atoms with van der Waals surface area (Å²) in [6.45, 7) is 2.74. The Kier molecular flexibility index (Phi) is 13.1. The molecule has 3 nitrogen and oxygen atoms in total. The quantitative estimate of drug-likeness (QED) is 0.179. The number of hydrogen-bond acceptors (Lipinski definition) is 3. The molecule has 0 aliphatic carbocycles. The average molecular weight is 447 g/mol. The second-order valence-corrected chi connectivity index (χ2v) is 8.81. The zero-order valence-electron chi connectivity index (χ0n) is 19.2. The first-order chi connectivity index (χ1) is 15.2. The van der Waals surface area contributed by atoms with Gasteiger partial charge in [0, 0.05) is 5.56 Å². The summed E-state index contributed by atoms with van der Waals surface area (Å²) in [5, 5.41) is 0.554. The van der Waals surface area contributed by atoms with Gasteiger partial charge in [-0.3, -0.25) is 0 Å². The van der Waals surface area contributed by atoms with Gasteiger partial charge in [-0.15, -0.1) is 0 Å². The molecule has 0 unspecified atom stereocenters. The lowest BCUT2D eigenvalue weighted by Gasteiger charge is -2.07. The summed E-state index contributed by atoms with van der Waals surface area (Å²) in [4.78, 5) is 12.3. The van der Waals surface area contributed by atoms with Gasteiger partial charge in [-0.25, -0.2) is 4.79 Å². The van der Waals surface area contributed by atoms with Crippen LogP contribution in [0, 0.1) is 0 Å². The second-order valence-electron chi connectivity index (χ2n) is 8.40. The van der Waals surface area contributed by atoms with Crippen LogP contribution in [-0.4, -0.2) is 12.6 Å². The zero-order chi connectivity index (χ0) is 22.2. The Morgan fingerprint density at radius 1 is 0.839 bits per heavy atom. The Morgan fingerprint density at radius 3 is 1.97 bits per heavy atom. The van der Waals surface area contributed by atoms with Crippen molar-refractivity contribution in [3.05, 3.63) is 47.2 Å². The van der Waals surface area contributed by atoms with Gasteiger partial charge in [-0.05, 0) is 36.8 Å². The van der Waals surface area contributed by atoms with E-state index in [9.17, 15) is 4.79 Å². The molecule has 31 heavy (non-hydrogen) atoms. The normalized spacial score (nSPS) is 11.0. The maximum Gasteiger partial charge on any atom is 0.338 e. The lowest BCUT2D eigenvalue weighted by molar-refractivity contribution is 0.0497. The SMILES string of the molecule is CCCCCCCCCCCCCCCCOC(=O)c1ccc(Cl)c(-c2ccco2)c1. The lowest BCUT2D eigenvalue weighted by atomic mass is 10.0. The molecule has 0 radical (unpaired) electrons. The van der Waals surface area contributed by atoms with Gasteiger partial charge >= 0.3 is 5.97 Å². The van der Waals surface area contributed by atoms with Crippen molar-refractivity contribution in [1.29, 1.82) is 0 Å². The summed E-state index contributed by atoms with van der Waals surface area (Å²) in [6.07, 6.45) is 20.0. The number of ether oxygens (including phenoxy) is 1. The van der Waals surface area contributed by atoms with E-state index in [1.165, 1.54) is 77.0 Å². The number of unbranched alkanes of at least 4 members (excludes halogenated alkanes) is 13. The van der Waals surface area contributed by atoms with E-state index in [-0.39, 0.29) is 5.97 Å². The van der Waals surface area contributed by atoms with Crippen LogP contribution in [0.25, 0.3) is 11.3 Å². The topological polar surface area (TPSA) is 39.4 Å². The highest BCUT2D eigenvalue weighted by molar-refractivity contribution is 6.33. The average Bonchev–Trinajstić information content (AvgIpc) is 3.31. The molecule has 0 aliphatic rings. The van der Waals surface area contributed by atoms with Gasteiger partial charge in [0.15, 0.2) is 0 Å². The molecule has 4 heteroatoms. The highest BCUT2D eigenvalue weighted by Gasteiger charge is 2.13. The van der Waals surface area contributed by atoms with Crippen molar-refractivity contribution in [2.75, 3.05) is 6.61 Å². The maximum atomic E-state index is 12.3. The number of rotatable bonds is 17. The van der Waals surface area contributed by atoms with Crippen molar-refractivity contribution in [3.8, 4) is 11.3 Å². The molecule has 0 N–H and O–H groups in total. The first-order valence-electron chi connectivity index (χ1n) is 12.2. The van der Waals surface area contributed by atoms with E-state index in [2.05, 4.69) is 6.92 Å². The second kappa shape index (κ2) is 16.0. The Labute approximate surface area is 193 Å². The third kappa shape index (κ3) is 10.4. The monoisotopic (exact) mass is 446 g/mol. The fourth-order valence-corrected chi connectivity index (χ4v) is 4.03. The first kappa shape index (κ1) is 25.5. The summed E-state index contributed by atoms with van der Waals surface area (Å²) >= 11 is 6.23. The molecule has 0 atom stereocenters. The number of furan rings is 1. The molecule has 0 amide bonds. The van der Waals surface area contributed by atoms with Crippen molar-refractivity contribution in [1.82, 2.24) is 0 Å². The molecular weight excluding hydrogens is 408 g/mol. The Morgan fingerprint density at radius 2 is 1.42 bits per heavy atom. The minimum Gasteiger partial charge on any atom is -0.464 e. The molecule has 172 valence electrons. The van der Waals surface area contributed by atoms with Crippen LogP contribution < -0.4 is 0 Å². The van der Waals surface area contributed by atoms with Gasteiger partial charge in [0.1, 0.15) is 5.76 Å². The van der Waals surface area contributed by atoms with Gasteiger partial charge in [0.25, 0.3) is 0 Å². The van der Waals surface area contributed by atoms with Crippen molar-refractivity contribution >= 4 is 17.6 Å². The van der Waals surface area contributed by atoms with Crippen LogP contribution in [0.4, 0.5) is 0 Å². The third-order valence-corrected chi connectivity index (χ3v) is 6.05. The number of benzene rings is 1. The number of halogens is 1. The Bertz CT molecular complexity index is 724. The summed E-state index contributed by atoms with van der Waals surface area (Å²) < 4.78 is 10.8. The number of carbonyl (C=O) groups excluding carboxylic acids is 1. The molecule has 0 bridgehead atoms. The van der Waals surface area contributed by atoms with E-state index in [0.29, 0.717) is 28.5 Å². The number of esters is 1. The zero-order valence-corrected chi connectivity index (χ0v) is 19.9. The van der Waals surface area contributed by atoms with Crippen LogP contribution in [0.15, 0.2) is 41.0 Å². The molecular formula is C27H39ClO3. The van der Waals surface area contributed by atoms with E-state index in [1.54, 1.807) is 30.5 Å². The molecule has 1 aromatic carbocycles. The van der Waals surface area contributed by atoms with E-state index in [0.717, 1.165) is 12.8 Å². The molecule has 0 saturated carbocycles. The standard InChI is InChI=1S/C27H39ClO3/c1-2-3-4-5-6-7-8-9-10-11-12-13-14-15-20-31-27(29)23-18-19-25(28)24(22-23)26-17-16-21-30-26/h16-19,21-22H,2-15,20H2,1H3. The first-order valence-corrected chi connectivity index (χ1v) is 12.6. The van der Waals surface area contributed by atoms with Crippen LogP contribution >= 0.6 is 11.6 Å². The lowest BCUT2D eigenvalue weighted by Crippen LogP contribution is -2.06. The minimum absolute atomic E-state index is 0.306. The summed E-state index contributed by atoms with van der Waals surface area (Å²) in [6, 6.07) is 8.76. The van der Waals surface area contributed by atoms with Gasteiger partial charge in [-0.1, -0.05) is 102 Å². The molecule has 1 aromatic heterocycles. The molecule has 0 aliphatic heterocycles. The van der Waals surface area contributed by atoms with Crippen LogP contribution in [-0.2, 0) is 4.74 Å². The van der Waals surface area contributed by atoms with Crippen molar-refractivity contribution in [2.24, 2.45) is 0 Å². The summed E-state index contributed by atoms with van der Waals surface area (Å²) in [7, 11) is 0. The van der Waals surface area contributed by atoms with Gasteiger partial charge in [0.2, 0.25) is 0 Å². The Balaban J connectivity index is 1.47. The van der Waals surface area contributed by atoms with E-state index in [1.807, 2.05) is 6.07 Å². The fraction of sp³-hybridized carbons (Fsp3) is 0.593. The van der Waals surface area contributed by atoms with Crippen LogP contribution in [0.3, 0.4) is 0 Å². The molecule has 2 aromatic rings.